The first kappa shape index (κ1) is 13.5. The van der Waals surface area contributed by atoms with Gasteiger partial charge in [0, 0.05) is 6.61 Å². The summed E-state index contributed by atoms with van der Waals surface area (Å²) in [5, 5.41) is 3.91. The van der Waals surface area contributed by atoms with Crippen molar-refractivity contribution < 1.29 is 9.26 Å². The minimum absolute atomic E-state index is 0.113. The minimum atomic E-state index is -0.113. The molecule has 1 unspecified atom stereocenters. The Morgan fingerprint density at radius 2 is 2.17 bits per heavy atom. The molecule has 1 aliphatic rings. The lowest BCUT2D eigenvalue weighted by molar-refractivity contribution is 0.114. The highest BCUT2D eigenvalue weighted by atomic mass is 16.5. The summed E-state index contributed by atoms with van der Waals surface area (Å²) in [6, 6.07) is -0.113. The number of nitrogens with zero attached hydrogens (tertiary/aromatic N) is 2. The number of hydrogen-bond donors (Lipinski definition) is 1. The van der Waals surface area contributed by atoms with Crippen LogP contribution < -0.4 is 5.73 Å². The molecule has 2 rings (SSSR count). The lowest BCUT2D eigenvalue weighted by Gasteiger charge is -2.24. The van der Waals surface area contributed by atoms with Crippen molar-refractivity contribution >= 4 is 0 Å². The maximum atomic E-state index is 6.20. The van der Waals surface area contributed by atoms with E-state index in [1.807, 2.05) is 0 Å². The zero-order chi connectivity index (χ0) is 12.8. The third-order valence-corrected chi connectivity index (χ3v) is 3.51. The quantitative estimate of drug-likeness (QED) is 0.789. The number of hydrogen-bond acceptors (Lipinski definition) is 5. The van der Waals surface area contributed by atoms with Gasteiger partial charge in [-0.1, -0.05) is 31.3 Å². The Morgan fingerprint density at radius 3 is 2.89 bits per heavy atom. The summed E-state index contributed by atoms with van der Waals surface area (Å²) in [6.45, 7) is 3.20. The van der Waals surface area contributed by atoms with E-state index >= 15 is 0 Å². The van der Waals surface area contributed by atoms with E-state index in [-0.39, 0.29) is 6.04 Å². The Labute approximate surface area is 108 Å². The van der Waals surface area contributed by atoms with Gasteiger partial charge in [0.2, 0.25) is 5.89 Å². The maximum Gasteiger partial charge on any atom is 0.243 e. The van der Waals surface area contributed by atoms with Crippen molar-refractivity contribution in [3.05, 3.63) is 11.7 Å². The summed E-state index contributed by atoms with van der Waals surface area (Å²) < 4.78 is 10.6. The van der Waals surface area contributed by atoms with Gasteiger partial charge in [0.1, 0.15) is 6.61 Å². The van der Waals surface area contributed by atoms with Gasteiger partial charge in [-0.05, 0) is 25.2 Å². The summed E-state index contributed by atoms with van der Waals surface area (Å²) >= 11 is 0. The van der Waals surface area contributed by atoms with Crippen molar-refractivity contribution in [1.29, 1.82) is 0 Å². The van der Waals surface area contributed by atoms with Crippen LogP contribution in [0.4, 0.5) is 0 Å². The van der Waals surface area contributed by atoms with Gasteiger partial charge in [0.05, 0.1) is 6.04 Å². The average molecular weight is 253 g/mol. The van der Waals surface area contributed by atoms with E-state index in [2.05, 4.69) is 17.1 Å². The van der Waals surface area contributed by atoms with E-state index in [1.165, 1.54) is 32.1 Å². The molecule has 1 aromatic heterocycles. The number of nitrogens with two attached hydrogens (primary N) is 1. The molecule has 2 N–H and O–H groups in total. The third-order valence-electron chi connectivity index (χ3n) is 3.51. The number of rotatable bonds is 6. The topological polar surface area (TPSA) is 74.2 Å². The second-order valence-corrected chi connectivity index (χ2v) is 5.03. The maximum absolute atomic E-state index is 6.20. The Kier molecular flexibility index (Phi) is 5.13. The fraction of sp³-hybridized carbons (Fsp3) is 0.846. The van der Waals surface area contributed by atoms with Crippen LogP contribution in [0.1, 0.15) is 63.2 Å². The SMILES string of the molecule is CCCOCc1noc(C(N)C2CCCCC2)n1. The molecule has 1 fully saturated rings. The van der Waals surface area contributed by atoms with Gasteiger partial charge >= 0.3 is 0 Å². The van der Waals surface area contributed by atoms with Crippen molar-refractivity contribution in [3.63, 3.8) is 0 Å². The van der Waals surface area contributed by atoms with Gasteiger partial charge in [0.25, 0.3) is 0 Å². The van der Waals surface area contributed by atoms with Crippen molar-refractivity contribution in [1.82, 2.24) is 10.1 Å². The van der Waals surface area contributed by atoms with Crippen LogP contribution in [0, 0.1) is 5.92 Å². The normalized spacial score (nSPS) is 19.0. The summed E-state index contributed by atoms with van der Waals surface area (Å²) in [7, 11) is 0. The molecule has 5 nitrogen and oxygen atoms in total. The lowest BCUT2D eigenvalue weighted by Crippen LogP contribution is -2.23. The Hall–Kier alpha value is -0.940. The van der Waals surface area contributed by atoms with E-state index < -0.39 is 0 Å². The van der Waals surface area contributed by atoms with Gasteiger partial charge in [0.15, 0.2) is 5.82 Å². The molecule has 5 heteroatoms. The van der Waals surface area contributed by atoms with Crippen LogP contribution in [-0.4, -0.2) is 16.7 Å². The summed E-state index contributed by atoms with van der Waals surface area (Å²) in [6.07, 6.45) is 7.18. The van der Waals surface area contributed by atoms with Gasteiger partial charge in [-0.3, -0.25) is 0 Å². The molecule has 1 aromatic rings. The molecule has 0 aliphatic heterocycles. The van der Waals surface area contributed by atoms with E-state index in [0.29, 0.717) is 24.2 Å². The zero-order valence-corrected chi connectivity index (χ0v) is 11.1. The molecule has 0 saturated heterocycles. The Bertz CT molecular complexity index is 348. The van der Waals surface area contributed by atoms with Crippen molar-refractivity contribution in [3.8, 4) is 0 Å². The Morgan fingerprint density at radius 1 is 1.39 bits per heavy atom. The molecule has 0 bridgehead atoms. The summed E-state index contributed by atoms with van der Waals surface area (Å²) in [5.41, 5.74) is 6.20. The molecule has 0 amide bonds. The molecule has 1 heterocycles. The third kappa shape index (κ3) is 3.53. The molecule has 1 aliphatic carbocycles. The molecule has 0 spiro atoms. The van der Waals surface area contributed by atoms with Crippen LogP contribution in [0.5, 0.6) is 0 Å². The first-order chi connectivity index (χ1) is 8.81. The second kappa shape index (κ2) is 6.85. The molecule has 102 valence electrons. The highest BCUT2D eigenvalue weighted by Crippen LogP contribution is 2.32. The largest absolute Gasteiger partial charge is 0.373 e. The van der Waals surface area contributed by atoms with E-state index in [4.69, 9.17) is 15.0 Å². The van der Waals surface area contributed by atoms with Crippen molar-refractivity contribution in [2.24, 2.45) is 11.7 Å². The van der Waals surface area contributed by atoms with E-state index in [0.717, 1.165) is 13.0 Å². The van der Waals surface area contributed by atoms with Gasteiger partial charge in [-0.2, -0.15) is 4.98 Å². The van der Waals surface area contributed by atoms with Crippen LogP contribution in [0.25, 0.3) is 0 Å². The zero-order valence-electron chi connectivity index (χ0n) is 11.1. The lowest BCUT2D eigenvalue weighted by atomic mass is 9.84. The van der Waals surface area contributed by atoms with Crippen LogP contribution in [0.2, 0.25) is 0 Å². The summed E-state index contributed by atoms with van der Waals surface area (Å²) in [5.74, 6) is 1.66. The monoisotopic (exact) mass is 253 g/mol. The highest BCUT2D eigenvalue weighted by molar-refractivity contribution is 4.94. The predicted octanol–water partition coefficient (Wildman–Crippen LogP) is 2.58. The van der Waals surface area contributed by atoms with Crippen molar-refractivity contribution in [2.45, 2.75) is 58.1 Å². The average Bonchev–Trinajstić information content (AvgIpc) is 2.88. The van der Waals surface area contributed by atoms with Crippen LogP contribution in [0.15, 0.2) is 4.52 Å². The van der Waals surface area contributed by atoms with Crippen molar-refractivity contribution in [2.75, 3.05) is 6.61 Å². The molecular weight excluding hydrogens is 230 g/mol. The minimum Gasteiger partial charge on any atom is -0.373 e. The molecule has 18 heavy (non-hydrogen) atoms. The first-order valence-corrected chi connectivity index (χ1v) is 6.97. The molecular formula is C13H23N3O2. The van der Waals surface area contributed by atoms with Gasteiger partial charge < -0.3 is 15.0 Å². The highest BCUT2D eigenvalue weighted by Gasteiger charge is 2.26. The van der Waals surface area contributed by atoms with Gasteiger partial charge in [-0.15, -0.1) is 0 Å². The van der Waals surface area contributed by atoms with Crippen LogP contribution >= 0.6 is 0 Å². The van der Waals surface area contributed by atoms with Gasteiger partial charge in [-0.25, -0.2) is 0 Å². The number of aromatic nitrogens is 2. The molecule has 0 radical (unpaired) electrons. The van der Waals surface area contributed by atoms with Crippen LogP contribution in [-0.2, 0) is 11.3 Å². The van der Waals surface area contributed by atoms with Crippen LogP contribution in [0.3, 0.4) is 0 Å². The molecule has 1 atom stereocenters. The van der Waals surface area contributed by atoms with E-state index in [1.54, 1.807) is 0 Å². The summed E-state index contributed by atoms with van der Waals surface area (Å²) in [4.78, 5) is 4.33. The predicted molar refractivity (Wildman–Crippen MR) is 67.7 cm³/mol. The first-order valence-electron chi connectivity index (χ1n) is 6.97. The van der Waals surface area contributed by atoms with E-state index in [9.17, 15) is 0 Å². The molecule has 1 saturated carbocycles. The standard InChI is InChI=1S/C13H23N3O2/c1-2-8-17-9-11-15-13(18-16-11)12(14)10-6-4-3-5-7-10/h10,12H,2-9,14H2,1H3. The molecule has 0 aromatic carbocycles. The second-order valence-electron chi connectivity index (χ2n) is 5.03. The fourth-order valence-corrected chi connectivity index (χ4v) is 2.46. The fourth-order valence-electron chi connectivity index (χ4n) is 2.46. The number of ether oxygens (including phenoxy) is 1. The Balaban J connectivity index is 1.87. The smallest absolute Gasteiger partial charge is 0.243 e.